The molecule has 8 heteroatoms. The lowest BCUT2D eigenvalue weighted by atomic mass is 10.2. The number of nitrogens with one attached hydrogen (secondary N) is 2. The molecule has 0 aliphatic heterocycles. The first-order valence-electron chi connectivity index (χ1n) is 6.14. The highest BCUT2D eigenvalue weighted by molar-refractivity contribution is 5.63. The van der Waals surface area contributed by atoms with Crippen LogP contribution in [0.4, 0.5) is 17.1 Å². The topological polar surface area (TPSA) is 97.9 Å². The summed E-state index contributed by atoms with van der Waals surface area (Å²) >= 11 is 0. The largest absolute Gasteiger partial charge is 0.388 e. The molecule has 106 valence electrons. The van der Waals surface area contributed by atoms with Crippen LogP contribution in [-0.4, -0.2) is 33.3 Å². The van der Waals surface area contributed by atoms with Gasteiger partial charge < -0.3 is 10.6 Å². The normalized spacial score (nSPS) is 10.3. The number of rotatable bonds is 6. The van der Waals surface area contributed by atoms with E-state index in [9.17, 15) is 10.1 Å². The number of aromatic nitrogens is 3. The maximum atomic E-state index is 10.8. The van der Waals surface area contributed by atoms with Gasteiger partial charge in [-0.25, -0.2) is 4.98 Å². The minimum Gasteiger partial charge on any atom is -0.388 e. The molecule has 0 aliphatic rings. The Morgan fingerprint density at radius 1 is 1.35 bits per heavy atom. The van der Waals surface area contributed by atoms with Crippen LogP contribution in [0.5, 0.6) is 0 Å². The Labute approximate surface area is 116 Å². The number of benzene rings is 1. The molecule has 0 saturated heterocycles. The summed E-state index contributed by atoms with van der Waals surface area (Å²) in [5.74, 6) is 0.735. The fourth-order valence-corrected chi connectivity index (χ4v) is 1.78. The van der Waals surface area contributed by atoms with E-state index in [0.717, 1.165) is 5.82 Å². The lowest BCUT2D eigenvalue weighted by molar-refractivity contribution is -0.384. The molecule has 0 amide bonds. The van der Waals surface area contributed by atoms with Crippen molar-refractivity contribution in [1.82, 2.24) is 14.8 Å². The molecule has 0 spiro atoms. The Morgan fingerprint density at radius 3 is 2.70 bits per heavy atom. The van der Waals surface area contributed by atoms with Gasteiger partial charge in [0.1, 0.15) is 6.33 Å². The second kappa shape index (κ2) is 6.00. The van der Waals surface area contributed by atoms with E-state index >= 15 is 0 Å². The van der Waals surface area contributed by atoms with Crippen LogP contribution in [0.2, 0.25) is 0 Å². The Hall–Kier alpha value is -2.64. The fraction of sp³-hybridized carbons (Fsp3) is 0.333. The molecule has 0 atom stereocenters. The van der Waals surface area contributed by atoms with Crippen LogP contribution in [0.15, 0.2) is 24.5 Å². The van der Waals surface area contributed by atoms with E-state index in [2.05, 4.69) is 20.7 Å². The molecule has 0 aliphatic carbocycles. The molecular weight excluding hydrogens is 260 g/mol. The smallest absolute Gasteiger partial charge is 0.273 e. The van der Waals surface area contributed by atoms with Crippen LogP contribution in [0.25, 0.3) is 0 Å². The zero-order valence-corrected chi connectivity index (χ0v) is 11.3. The van der Waals surface area contributed by atoms with Gasteiger partial charge in [0.25, 0.3) is 5.69 Å². The zero-order chi connectivity index (χ0) is 14.5. The van der Waals surface area contributed by atoms with Gasteiger partial charge >= 0.3 is 0 Å². The lowest BCUT2D eigenvalue weighted by Gasteiger charge is -2.07. The molecular formula is C12H16N6O2. The van der Waals surface area contributed by atoms with Crippen LogP contribution in [0, 0.1) is 10.1 Å². The van der Waals surface area contributed by atoms with Crippen molar-refractivity contribution < 1.29 is 4.92 Å². The molecule has 0 radical (unpaired) electrons. The highest BCUT2D eigenvalue weighted by Crippen LogP contribution is 2.23. The number of nitrogens with zero attached hydrogens (tertiary/aromatic N) is 4. The Balaban J connectivity index is 2.01. The Kier molecular flexibility index (Phi) is 4.14. The zero-order valence-electron chi connectivity index (χ0n) is 11.3. The monoisotopic (exact) mass is 276 g/mol. The Bertz CT molecular complexity index is 610. The third-order valence-corrected chi connectivity index (χ3v) is 2.74. The average Bonchev–Trinajstić information content (AvgIpc) is 2.84. The predicted molar refractivity (Wildman–Crippen MR) is 75.8 cm³/mol. The first-order valence-corrected chi connectivity index (χ1v) is 6.14. The van der Waals surface area contributed by atoms with E-state index in [1.807, 2.05) is 13.1 Å². The summed E-state index contributed by atoms with van der Waals surface area (Å²) in [7, 11) is 3.53. The van der Waals surface area contributed by atoms with Crippen LogP contribution in [-0.2, 0) is 13.5 Å². The second-order valence-corrected chi connectivity index (χ2v) is 4.29. The molecule has 20 heavy (non-hydrogen) atoms. The maximum Gasteiger partial charge on any atom is 0.273 e. The van der Waals surface area contributed by atoms with Crippen molar-refractivity contribution in [3.8, 4) is 0 Å². The summed E-state index contributed by atoms with van der Waals surface area (Å²) < 4.78 is 1.64. The third kappa shape index (κ3) is 3.44. The van der Waals surface area contributed by atoms with Crippen LogP contribution >= 0.6 is 0 Å². The molecule has 1 aromatic carbocycles. The minimum absolute atomic E-state index is 0.0512. The van der Waals surface area contributed by atoms with Gasteiger partial charge in [-0.15, -0.1) is 0 Å². The summed E-state index contributed by atoms with van der Waals surface area (Å²) in [4.78, 5) is 14.6. The molecule has 0 unspecified atom stereocenters. The van der Waals surface area contributed by atoms with E-state index in [-0.39, 0.29) is 5.69 Å². The van der Waals surface area contributed by atoms with Gasteiger partial charge in [0.05, 0.1) is 4.92 Å². The summed E-state index contributed by atoms with van der Waals surface area (Å²) in [5.41, 5.74) is 1.44. The fourth-order valence-electron chi connectivity index (χ4n) is 1.78. The number of hydrogen-bond acceptors (Lipinski definition) is 6. The average molecular weight is 276 g/mol. The SMILES string of the molecule is CNc1cc(NCCc2ncn(C)n2)cc([N+](=O)[O-])c1. The van der Waals surface area contributed by atoms with Crippen molar-refractivity contribution >= 4 is 17.1 Å². The van der Waals surface area contributed by atoms with Gasteiger partial charge in [-0.05, 0) is 6.07 Å². The minimum atomic E-state index is -0.410. The number of non-ortho nitro benzene ring substituents is 1. The number of anilines is 2. The highest BCUT2D eigenvalue weighted by atomic mass is 16.6. The summed E-state index contributed by atoms with van der Waals surface area (Å²) in [6.07, 6.45) is 2.29. The van der Waals surface area contributed by atoms with E-state index in [4.69, 9.17) is 0 Å². The van der Waals surface area contributed by atoms with Gasteiger partial charge in [-0.1, -0.05) is 0 Å². The van der Waals surface area contributed by atoms with Crippen molar-refractivity contribution in [3.63, 3.8) is 0 Å². The summed E-state index contributed by atoms with van der Waals surface area (Å²) in [6.45, 7) is 0.605. The van der Waals surface area contributed by atoms with Crippen LogP contribution in [0.1, 0.15) is 5.82 Å². The number of aryl methyl sites for hydroxylation is 1. The number of hydrogen-bond donors (Lipinski definition) is 2. The molecule has 2 N–H and O–H groups in total. The predicted octanol–water partition coefficient (Wildman–Crippen LogP) is 1.42. The van der Waals surface area contributed by atoms with E-state index < -0.39 is 4.92 Å². The highest BCUT2D eigenvalue weighted by Gasteiger charge is 2.09. The van der Waals surface area contributed by atoms with Gasteiger partial charge in [-0.2, -0.15) is 5.10 Å². The van der Waals surface area contributed by atoms with Crippen molar-refractivity contribution in [3.05, 3.63) is 40.5 Å². The Morgan fingerprint density at radius 2 is 2.10 bits per heavy atom. The van der Waals surface area contributed by atoms with Gasteiger partial charge in [0.2, 0.25) is 0 Å². The van der Waals surface area contributed by atoms with Gasteiger partial charge in [0, 0.05) is 50.6 Å². The number of nitro benzene ring substituents is 1. The molecule has 2 aromatic rings. The quantitative estimate of drug-likeness (QED) is 0.611. The number of nitro groups is 1. The molecule has 1 aromatic heterocycles. The van der Waals surface area contributed by atoms with E-state index in [0.29, 0.717) is 24.3 Å². The third-order valence-electron chi connectivity index (χ3n) is 2.74. The maximum absolute atomic E-state index is 10.8. The van der Waals surface area contributed by atoms with Crippen molar-refractivity contribution in [1.29, 1.82) is 0 Å². The lowest BCUT2D eigenvalue weighted by Crippen LogP contribution is -2.07. The van der Waals surface area contributed by atoms with Crippen molar-refractivity contribution in [2.45, 2.75) is 6.42 Å². The molecule has 2 rings (SSSR count). The molecule has 8 nitrogen and oxygen atoms in total. The molecule has 0 bridgehead atoms. The summed E-state index contributed by atoms with van der Waals surface area (Å²) in [6, 6.07) is 4.82. The van der Waals surface area contributed by atoms with Crippen molar-refractivity contribution in [2.75, 3.05) is 24.2 Å². The molecule has 0 fully saturated rings. The first-order chi connectivity index (χ1) is 9.58. The molecule has 0 saturated carbocycles. The van der Waals surface area contributed by atoms with E-state index in [1.54, 1.807) is 18.1 Å². The second-order valence-electron chi connectivity index (χ2n) is 4.29. The first kappa shape index (κ1) is 13.8. The van der Waals surface area contributed by atoms with Crippen molar-refractivity contribution in [2.24, 2.45) is 7.05 Å². The van der Waals surface area contributed by atoms with Crippen LogP contribution < -0.4 is 10.6 Å². The van der Waals surface area contributed by atoms with Gasteiger partial charge in [0.15, 0.2) is 5.82 Å². The van der Waals surface area contributed by atoms with Crippen LogP contribution in [0.3, 0.4) is 0 Å². The van der Waals surface area contributed by atoms with E-state index in [1.165, 1.54) is 12.1 Å². The standard InChI is InChI=1S/C12H16N6O2/c1-13-9-5-10(7-11(6-9)18(19)20)14-4-3-12-15-8-17(2)16-12/h5-8,13-14H,3-4H2,1-2H3. The molecule has 1 heterocycles. The van der Waals surface area contributed by atoms with Gasteiger partial charge in [-0.3, -0.25) is 14.8 Å². The summed E-state index contributed by atoms with van der Waals surface area (Å²) in [5, 5.41) is 21.1.